The number of benzene rings is 3. The molecule has 0 bridgehead atoms. The fourth-order valence-electron chi connectivity index (χ4n) is 4.74. The molecule has 1 aliphatic rings. The molecule has 1 unspecified atom stereocenters. The summed E-state index contributed by atoms with van der Waals surface area (Å²) in [6.07, 6.45) is 1.97. The Kier molecular flexibility index (Phi) is 7.69. The fraction of sp³-hybridized carbons (Fsp3) is 0.310. The third-order valence-electron chi connectivity index (χ3n) is 6.77. The number of esters is 1. The molecule has 5 heteroatoms. The third-order valence-corrected chi connectivity index (χ3v) is 7.14. The van der Waals surface area contributed by atoms with Crippen LogP contribution in [-0.2, 0) is 20.7 Å². The number of carbonyl (C=O) groups excluding carboxylic acids is 1. The lowest BCUT2D eigenvalue weighted by Gasteiger charge is -2.18. The number of ether oxygens (including phenoxy) is 1. The van der Waals surface area contributed by atoms with E-state index in [1.165, 1.54) is 22.3 Å². The lowest BCUT2D eigenvalue weighted by molar-refractivity contribution is -0.149. The number of halogens is 1. The molecule has 0 amide bonds. The van der Waals surface area contributed by atoms with Gasteiger partial charge in [-0.1, -0.05) is 85.3 Å². The maximum absolute atomic E-state index is 12.7. The van der Waals surface area contributed by atoms with Crippen molar-refractivity contribution in [2.75, 3.05) is 6.61 Å². The summed E-state index contributed by atoms with van der Waals surface area (Å²) in [5.41, 5.74) is 5.68. The minimum atomic E-state index is -0.841. The van der Waals surface area contributed by atoms with Gasteiger partial charge in [0.15, 0.2) is 0 Å². The minimum Gasteiger partial charge on any atom is -0.481 e. The summed E-state index contributed by atoms with van der Waals surface area (Å²) < 4.78 is 5.74. The molecule has 0 spiro atoms. The fourth-order valence-corrected chi connectivity index (χ4v) is 4.97. The summed E-state index contributed by atoms with van der Waals surface area (Å²) in [6, 6.07) is 23.9. The summed E-state index contributed by atoms with van der Waals surface area (Å²) in [5.74, 6) is -2.00. The van der Waals surface area contributed by atoms with E-state index in [4.69, 9.17) is 16.3 Å². The van der Waals surface area contributed by atoms with Gasteiger partial charge in [0, 0.05) is 10.9 Å². The number of carboxylic acid groups (broad SMARTS) is 1. The monoisotopic (exact) mass is 476 g/mol. The molecule has 0 saturated carbocycles. The minimum absolute atomic E-state index is 0.0194. The quantitative estimate of drug-likeness (QED) is 0.329. The summed E-state index contributed by atoms with van der Waals surface area (Å²) in [4.78, 5) is 24.5. The van der Waals surface area contributed by atoms with Crippen molar-refractivity contribution in [3.63, 3.8) is 0 Å². The average Bonchev–Trinajstić information content (AvgIpc) is 3.16. The van der Waals surface area contributed by atoms with E-state index in [1.807, 2.05) is 55.5 Å². The Morgan fingerprint density at radius 3 is 2.09 bits per heavy atom. The first-order valence-corrected chi connectivity index (χ1v) is 12.1. The highest BCUT2D eigenvalue weighted by Crippen LogP contribution is 2.44. The Hall–Kier alpha value is -3.11. The lowest BCUT2D eigenvalue weighted by atomic mass is 9.91. The van der Waals surface area contributed by atoms with Crippen LogP contribution in [0.15, 0.2) is 72.8 Å². The van der Waals surface area contributed by atoms with Crippen molar-refractivity contribution in [2.45, 2.75) is 38.5 Å². The van der Waals surface area contributed by atoms with Crippen molar-refractivity contribution in [3.8, 4) is 11.1 Å². The Morgan fingerprint density at radius 2 is 1.47 bits per heavy atom. The summed E-state index contributed by atoms with van der Waals surface area (Å²) >= 11 is 6.20. The number of fused-ring (bicyclic) bond motifs is 3. The molecular formula is C29H29ClO4. The SMILES string of the molecule is CC(CC[C@@H](CCc1ccccc1Cl)C(=O)O)C(=O)OCC1c2ccccc2-c2ccccc21. The first-order valence-electron chi connectivity index (χ1n) is 11.8. The Morgan fingerprint density at radius 1 is 0.882 bits per heavy atom. The maximum Gasteiger partial charge on any atom is 0.308 e. The van der Waals surface area contributed by atoms with E-state index in [9.17, 15) is 14.7 Å². The molecule has 0 fully saturated rings. The second kappa shape index (κ2) is 10.9. The topological polar surface area (TPSA) is 63.6 Å². The van der Waals surface area contributed by atoms with Gasteiger partial charge in [-0.3, -0.25) is 9.59 Å². The molecule has 34 heavy (non-hydrogen) atoms. The van der Waals surface area contributed by atoms with Gasteiger partial charge in [0.1, 0.15) is 6.61 Å². The molecular weight excluding hydrogens is 448 g/mol. The van der Waals surface area contributed by atoms with Gasteiger partial charge < -0.3 is 9.84 Å². The van der Waals surface area contributed by atoms with Gasteiger partial charge in [-0.15, -0.1) is 0 Å². The molecule has 0 aliphatic heterocycles. The van der Waals surface area contributed by atoms with Crippen molar-refractivity contribution in [1.82, 2.24) is 0 Å². The van der Waals surface area contributed by atoms with E-state index in [2.05, 4.69) is 24.3 Å². The molecule has 4 rings (SSSR count). The summed E-state index contributed by atoms with van der Waals surface area (Å²) in [6.45, 7) is 2.10. The Balaban J connectivity index is 1.31. The molecule has 1 aliphatic carbocycles. The molecule has 2 atom stereocenters. The number of aliphatic carboxylic acids is 1. The first-order chi connectivity index (χ1) is 16.5. The Bertz CT molecular complexity index is 1130. The van der Waals surface area contributed by atoms with E-state index in [0.717, 1.165) is 5.56 Å². The molecule has 0 heterocycles. The van der Waals surface area contributed by atoms with Gasteiger partial charge in [0.2, 0.25) is 0 Å². The van der Waals surface area contributed by atoms with Crippen LogP contribution in [0.4, 0.5) is 0 Å². The highest BCUT2D eigenvalue weighted by molar-refractivity contribution is 6.31. The van der Waals surface area contributed by atoms with Gasteiger partial charge in [-0.05, 0) is 59.6 Å². The number of aryl methyl sites for hydroxylation is 1. The van der Waals surface area contributed by atoms with Crippen LogP contribution >= 0.6 is 11.6 Å². The zero-order valence-corrected chi connectivity index (χ0v) is 20.0. The zero-order chi connectivity index (χ0) is 24.1. The molecule has 3 aromatic carbocycles. The first kappa shape index (κ1) is 24.0. The van der Waals surface area contributed by atoms with E-state index < -0.39 is 11.9 Å². The molecule has 0 aromatic heterocycles. The largest absolute Gasteiger partial charge is 0.481 e. The Labute approximate surface area is 205 Å². The van der Waals surface area contributed by atoms with Gasteiger partial charge in [0.25, 0.3) is 0 Å². The molecule has 0 radical (unpaired) electrons. The average molecular weight is 477 g/mol. The van der Waals surface area contributed by atoms with E-state index in [1.54, 1.807) is 0 Å². The molecule has 0 saturated heterocycles. The van der Waals surface area contributed by atoms with Gasteiger partial charge >= 0.3 is 11.9 Å². The van der Waals surface area contributed by atoms with Gasteiger partial charge in [-0.25, -0.2) is 0 Å². The summed E-state index contributed by atoms with van der Waals surface area (Å²) in [5, 5.41) is 10.3. The normalized spacial score (nSPS) is 14.2. The van der Waals surface area contributed by atoms with Crippen molar-refractivity contribution < 1.29 is 19.4 Å². The van der Waals surface area contributed by atoms with Crippen LogP contribution in [0, 0.1) is 11.8 Å². The number of carboxylic acids is 1. The zero-order valence-electron chi connectivity index (χ0n) is 19.2. The van der Waals surface area contributed by atoms with Crippen LogP contribution in [0.25, 0.3) is 11.1 Å². The van der Waals surface area contributed by atoms with Gasteiger partial charge in [-0.2, -0.15) is 0 Å². The van der Waals surface area contributed by atoms with E-state index in [-0.39, 0.29) is 24.4 Å². The number of carbonyl (C=O) groups is 2. The second-order valence-corrected chi connectivity index (χ2v) is 9.41. The van der Waals surface area contributed by atoms with Crippen molar-refractivity contribution in [3.05, 3.63) is 94.5 Å². The standard InChI is InChI=1S/C29H29ClO4/c1-19(14-15-21(28(31)32)17-16-20-8-2-7-13-27(20)30)29(33)34-18-26-24-11-5-3-9-22(24)23-10-4-6-12-25(23)26/h2-13,19,21,26H,14-18H2,1H3,(H,31,32)/t19?,21-/m0/s1. The van der Waals surface area contributed by atoms with Crippen LogP contribution in [-0.4, -0.2) is 23.7 Å². The predicted octanol–water partition coefficient (Wildman–Crippen LogP) is 6.75. The predicted molar refractivity (Wildman–Crippen MR) is 134 cm³/mol. The van der Waals surface area contributed by atoms with Crippen molar-refractivity contribution in [2.24, 2.45) is 11.8 Å². The third kappa shape index (κ3) is 5.34. The smallest absolute Gasteiger partial charge is 0.308 e. The van der Waals surface area contributed by atoms with Crippen LogP contribution < -0.4 is 0 Å². The van der Waals surface area contributed by atoms with Crippen LogP contribution in [0.2, 0.25) is 5.02 Å². The highest BCUT2D eigenvalue weighted by atomic mass is 35.5. The highest BCUT2D eigenvalue weighted by Gasteiger charge is 2.30. The van der Waals surface area contributed by atoms with Gasteiger partial charge in [0.05, 0.1) is 11.8 Å². The number of hydrogen-bond donors (Lipinski definition) is 1. The van der Waals surface area contributed by atoms with Crippen LogP contribution in [0.5, 0.6) is 0 Å². The van der Waals surface area contributed by atoms with E-state index >= 15 is 0 Å². The molecule has 4 nitrogen and oxygen atoms in total. The molecule has 1 N–H and O–H groups in total. The van der Waals surface area contributed by atoms with Crippen LogP contribution in [0.1, 0.15) is 48.8 Å². The maximum atomic E-state index is 12.7. The molecule has 3 aromatic rings. The van der Waals surface area contributed by atoms with Crippen molar-refractivity contribution >= 4 is 23.5 Å². The van der Waals surface area contributed by atoms with E-state index in [0.29, 0.717) is 30.7 Å². The van der Waals surface area contributed by atoms with Crippen molar-refractivity contribution in [1.29, 1.82) is 0 Å². The number of rotatable bonds is 10. The lowest BCUT2D eigenvalue weighted by Crippen LogP contribution is -2.21. The molecule has 176 valence electrons. The number of hydrogen-bond acceptors (Lipinski definition) is 3. The summed E-state index contributed by atoms with van der Waals surface area (Å²) in [7, 11) is 0. The second-order valence-electron chi connectivity index (χ2n) is 9.00. The van der Waals surface area contributed by atoms with Crippen LogP contribution in [0.3, 0.4) is 0 Å².